The average molecular weight is 181 g/mol. The molecule has 2 fully saturated rings. The van der Waals surface area contributed by atoms with Gasteiger partial charge in [0.2, 0.25) is 0 Å². The monoisotopic (exact) mass is 181 g/mol. The predicted octanol–water partition coefficient (Wildman–Crippen LogP) is 2.91. The second-order valence-electron chi connectivity index (χ2n) is 5.18. The van der Waals surface area contributed by atoms with Crippen LogP contribution >= 0.6 is 0 Å². The van der Waals surface area contributed by atoms with Crippen molar-refractivity contribution in [2.75, 3.05) is 13.1 Å². The largest absolute Gasteiger partial charge is 0.301 e. The van der Waals surface area contributed by atoms with Gasteiger partial charge in [-0.2, -0.15) is 0 Å². The molecule has 0 aromatic carbocycles. The van der Waals surface area contributed by atoms with Crippen molar-refractivity contribution in [2.45, 2.75) is 52.0 Å². The normalized spacial score (nSPS) is 32.1. The molecule has 1 saturated heterocycles. The Morgan fingerprint density at radius 3 is 2.23 bits per heavy atom. The van der Waals surface area contributed by atoms with Gasteiger partial charge in [0.1, 0.15) is 0 Å². The van der Waals surface area contributed by atoms with E-state index in [1.54, 1.807) is 0 Å². The Balaban J connectivity index is 1.84. The van der Waals surface area contributed by atoms with E-state index in [2.05, 4.69) is 18.7 Å². The fourth-order valence-electron chi connectivity index (χ4n) is 2.81. The van der Waals surface area contributed by atoms with Gasteiger partial charge in [0, 0.05) is 12.6 Å². The average Bonchev–Trinajstić information content (AvgIpc) is 2.01. The van der Waals surface area contributed by atoms with Crippen molar-refractivity contribution >= 4 is 0 Å². The lowest BCUT2D eigenvalue weighted by Gasteiger charge is -2.42. The van der Waals surface area contributed by atoms with Crippen LogP contribution in [0.25, 0.3) is 0 Å². The van der Waals surface area contributed by atoms with E-state index in [9.17, 15) is 0 Å². The summed E-state index contributed by atoms with van der Waals surface area (Å²) < 4.78 is 0. The standard InChI is InChI=1S/C12H23N/c1-10(2)13-8-4-7-12(9-13)11-5-3-6-11/h10-12H,3-9H2,1-2H3. The smallest absolute Gasteiger partial charge is 0.00387 e. The predicted molar refractivity (Wildman–Crippen MR) is 56.8 cm³/mol. The zero-order valence-electron chi connectivity index (χ0n) is 9.13. The summed E-state index contributed by atoms with van der Waals surface area (Å²) in [6.07, 6.45) is 7.50. The van der Waals surface area contributed by atoms with Crippen molar-refractivity contribution in [3.05, 3.63) is 0 Å². The van der Waals surface area contributed by atoms with Crippen LogP contribution in [0.2, 0.25) is 0 Å². The molecule has 0 aromatic heterocycles. The Morgan fingerprint density at radius 1 is 1.00 bits per heavy atom. The SMILES string of the molecule is CC(C)N1CCCC(C2CCC2)C1. The van der Waals surface area contributed by atoms with Crippen molar-refractivity contribution in [2.24, 2.45) is 11.8 Å². The van der Waals surface area contributed by atoms with Gasteiger partial charge in [0.05, 0.1) is 0 Å². The molecule has 1 heterocycles. The number of nitrogens with zero attached hydrogens (tertiary/aromatic N) is 1. The molecule has 1 aliphatic carbocycles. The summed E-state index contributed by atoms with van der Waals surface area (Å²) >= 11 is 0. The molecule has 1 saturated carbocycles. The lowest BCUT2D eigenvalue weighted by molar-refractivity contribution is 0.0771. The summed E-state index contributed by atoms with van der Waals surface area (Å²) in [6.45, 7) is 7.41. The van der Waals surface area contributed by atoms with Crippen LogP contribution in [0.4, 0.5) is 0 Å². The minimum atomic E-state index is 0.767. The minimum Gasteiger partial charge on any atom is -0.301 e. The fourth-order valence-corrected chi connectivity index (χ4v) is 2.81. The third-order valence-electron chi connectivity index (χ3n) is 4.04. The highest BCUT2D eigenvalue weighted by atomic mass is 15.2. The number of piperidine rings is 1. The molecule has 1 unspecified atom stereocenters. The zero-order valence-corrected chi connectivity index (χ0v) is 9.13. The number of likely N-dealkylation sites (tertiary alicyclic amines) is 1. The molecule has 76 valence electrons. The third kappa shape index (κ3) is 2.07. The first-order valence-electron chi connectivity index (χ1n) is 6.01. The van der Waals surface area contributed by atoms with Crippen molar-refractivity contribution in [3.63, 3.8) is 0 Å². The second-order valence-corrected chi connectivity index (χ2v) is 5.18. The molecule has 1 nitrogen and oxygen atoms in total. The summed E-state index contributed by atoms with van der Waals surface area (Å²) in [6, 6.07) is 0.767. The third-order valence-corrected chi connectivity index (χ3v) is 4.04. The highest BCUT2D eigenvalue weighted by Crippen LogP contribution is 2.38. The number of hydrogen-bond acceptors (Lipinski definition) is 1. The molecule has 0 aromatic rings. The van der Waals surface area contributed by atoms with Crippen LogP contribution in [0.3, 0.4) is 0 Å². The Bertz CT molecular complexity index is 161. The van der Waals surface area contributed by atoms with Crippen molar-refractivity contribution in [1.29, 1.82) is 0 Å². The van der Waals surface area contributed by atoms with Crippen LogP contribution in [0.5, 0.6) is 0 Å². The van der Waals surface area contributed by atoms with Gasteiger partial charge in [-0.3, -0.25) is 0 Å². The zero-order chi connectivity index (χ0) is 9.26. The Labute approximate surface area is 82.5 Å². The highest BCUT2D eigenvalue weighted by Gasteiger charge is 2.31. The minimum absolute atomic E-state index is 0.767. The van der Waals surface area contributed by atoms with Crippen LogP contribution in [0, 0.1) is 11.8 Å². The van der Waals surface area contributed by atoms with E-state index in [1.807, 2.05) is 0 Å². The van der Waals surface area contributed by atoms with Gasteiger partial charge in [-0.25, -0.2) is 0 Å². The second kappa shape index (κ2) is 4.00. The van der Waals surface area contributed by atoms with Gasteiger partial charge in [-0.1, -0.05) is 19.3 Å². The van der Waals surface area contributed by atoms with E-state index in [4.69, 9.17) is 0 Å². The molecule has 2 rings (SSSR count). The van der Waals surface area contributed by atoms with Crippen LogP contribution < -0.4 is 0 Å². The highest BCUT2D eigenvalue weighted by molar-refractivity contribution is 4.84. The van der Waals surface area contributed by atoms with Gasteiger partial charge in [-0.05, 0) is 45.1 Å². The first-order chi connectivity index (χ1) is 6.27. The summed E-state index contributed by atoms with van der Waals surface area (Å²) in [5.74, 6) is 2.14. The maximum atomic E-state index is 2.67. The maximum absolute atomic E-state index is 2.67. The summed E-state index contributed by atoms with van der Waals surface area (Å²) in [5.41, 5.74) is 0. The molecule has 0 radical (unpaired) electrons. The van der Waals surface area contributed by atoms with Gasteiger partial charge >= 0.3 is 0 Å². The molecule has 2 aliphatic rings. The lowest BCUT2D eigenvalue weighted by atomic mass is 9.73. The molecule has 0 N–H and O–H groups in total. The first-order valence-corrected chi connectivity index (χ1v) is 6.01. The van der Waals surface area contributed by atoms with Crippen LogP contribution in [-0.2, 0) is 0 Å². The lowest BCUT2D eigenvalue weighted by Crippen LogP contribution is -2.43. The topological polar surface area (TPSA) is 3.24 Å². The van der Waals surface area contributed by atoms with E-state index >= 15 is 0 Å². The number of hydrogen-bond donors (Lipinski definition) is 0. The van der Waals surface area contributed by atoms with Crippen LogP contribution in [0.1, 0.15) is 46.0 Å². The molecular formula is C12H23N. The van der Waals surface area contributed by atoms with Crippen molar-refractivity contribution in [3.8, 4) is 0 Å². The van der Waals surface area contributed by atoms with Crippen LogP contribution in [0.15, 0.2) is 0 Å². The first kappa shape index (κ1) is 9.51. The quantitative estimate of drug-likeness (QED) is 0.633. The van der Waals surface area contributed by atoms with Crippen molar-refractivity contribution in [1.82, 2.24) is 4.90 Å². The summed E-state index contributed by atoms with van der Waals surface area (Å²) in [5, 5.41) is 0. The van der Waals surface area contributed by atoms with Gasteiger partial charge in [-0.15, -0.1) is 0 Å². The van der Waals surface area contributed by atoms with Crippen molar-refractivity contribution < 1.29 is 0 Å². The molecule has 1 atom stereocenters. The molecule has 1 aliphatic heterocycles. The molecular weight excluding hydrogens is 158 g/mol. The summed E-state index contributed by atoms with van der Waals surface area (Å²) in [4.78, 5) is 2.67. The molecule has 1 heteroatoms. The molecule has 0 amide bonds. The Morgan fingerprint density at radius 2 is 1.69 bits per heavy atom. The van der Waals surface area contributed by atoms with Gasteiger partial charge in [0.25, 0.3) is 0 Å². The maximum Gasteiger partial charge on any atom is 0.00387 e. The Hall–Kier alpha value is -0.0400. The van der Waals surface area contributed by atoms with Gasteiger partial charge in [0.15, 0.2) is 0 Å². The van der Waals surface area contributed by atoms with E-state index in [1.165, 1.54) is 45.2 Å². The van der Waals surface area contributed by atoms with E-state index in [0.29, 0.717) is 0 Å². The Kier molecular flexibility index (Phi) is 2.92. The van der Waals surface area contributed by atoms with Gasteiger partial charge < -0.3 is 4.90 Å². The molecule has 0 spiro atoms. The summed E-state index contributed by atoms with van der Waals surface area (Å²) in [7, 11) is 0. The van der Waals surface area contributed by atoms with Crippen LogP contribution in [-0.4, -0.2) is 24.0 Å². The molecule has 0 bridgehead atoms. The van der Waals surface area contributed by atoms with E-state index < -0.39 is 0 Å². The van der Waals surface area contributed by atoms with E-state index in [-0.39, 0.29) is 0 Å². The molecule has 13 heavy (non-hydrogen) atoms. The van der Waals surface area contributed by atoms with E-state index in [0.717, 1.165) is 17.9 Å². The fraction of sp³-hybridized carbons (Fsp3) is 1.00. The number of rotatable bonds is 2.